The fourth-order valence-corrected chi connectivity index (χ4v) is 4.65. The van der Waals surface area contributed by atoms with E-state index in [-0.39, 0.29) is 11.3 Å². The van der Waals surface area contributed by atoms with E-state index in [2.05, 4.69) is 15.9 Å². The topological polar surface area (TPSA) is 57.6 Å². The molecule has 1 saturated heterocycles. The zero-order valence-electron chi connectivity index (χ0n) is 15.8. The van der Waals surface area contributed by atoms with Crippen LogP contribution in [0.5, 0.6) is 0 Å². The van der Waals surface area contributed by atoms with Crippen LogP contribution in [0.2, 0.25) is 0 Å². The molecule has 0 saturated carbocycles. The minimum Gasteiger partial charge on any atom is -0.507 e. The summed E-state index contributed by atoms with van der Waals surface area (Å²) in [4.78, 5) is 28.4. The van der Waals surface area contributed by atoms with Crippen molar-refractivity contribution in [3.05, 3.63) is 91.6 Å². The summed E-state index contributed by atoms with van der Waals surface area (Å²) in [6.45, 7) is 3.81. The van der Waals surface area contributed by atoms with Gasteiger partial charge >= 0.3 is 0 Å². The van der Waals surface area contributed by atoms with E-state index >= 15 is 0 Å². The van der Waals surface area contributed by atoms with Crippen molar-refractivity contribution in [1.82, 2.24) is 0 Å². The van der Waals surface area contributed by atoms with E-state index in [1.807, 2.05) is 61.7 Å². The molecule has 1 aromatic heterocycles. The highest BCUT2D eigenvalue weighted by molar-refractivity contribution is 9.10. The fourth-order valence-electron chi connectivity index (χ4n) is 3.58. The van der Waals surface area contributed by atoms with Gasteiger partial charge in [0.15, 0.2) is 0 Å². The van der Waals surface area contributed by atoms with Crippen LogP contribution in [-0.4, -0.2) is 16.8 Å². The van der Waals surface area contributed by atoms with Crippen molar-refractivity contribution in [1.29, 1.82) is 0 Å². The van der Waals surface area contributed by atoms with Crippen LogP contribution in [0.3, 0.4) is 0 Å². The van der Waals surface area contributed by atoms with Gasteiger partial charge in [-0.1, -0.05) is 46.3 Å². The number of aliphatic hydroxyl groups is 1. The van der Waals surface area contributed by atoms with Gasteiger partial charge < -0.3 is 5.11 Å². The van der Waals surface area contributed by atoms with Gasteiger partial charge in [-0.05, 0) is 54.6 Å². The molecule has 1 aliphatic rings. The second kappa shape index (κ2) is 7.61. The zero-order valence-corrected chi connectivity index (χ0v) is 18.3. The third kappa shape index (κ3) is 3.32. The van der Waals surface area contributed by atoms with Gasteiger partial charge in [0.25, 0.3) is 11.7 Å². The van der Waals surface area contributed by atoms with Crippen molar-refractivity contribution in [2.75, 3.05) is 4.90 Å². The molecule has 1 aliphatic heterocycles. The lowest BCUT2D eigenvalue weighted by Crippen LogP contribution is -2.29. The molecule has 1 unspecified atom stereocenters. The molecule has 3 aromatic rings. The molecular formula is C23H18BrNO3S. The van der Waals surface area contributed by atoms with Gasteiger partial charge in [0.05, 0.1) is 5.57 Å². The van der Waals surface area contributed by atoms with Gasteiger partial charge in [0.2, 0.25) is 0 Å². The normalized spacial score (nSPS) is 18.4. The summed E-state index contributed by atoms with van der Waals surface area (Å²) in [7, 11) is 0. The second-order valence-corrected chi connectivity index (χ2v) is 8.77. The molecule has 4 nitrogen and oxygen atoms in total. The fraction of sp³-hybridized carbons (Fsp3) is 0.130. The number of carbonyl (C=O) groups excluding carboxylic acids is 2. The second-order valence-electron chi connectivity index (χ2n) is 6.93. The van der Waals surface area contributed by atoms with Gasteiger partial charge in [-0.3, -0.25) is 14.5 Å². The first kappa shape index (κ1) is 19.6. The average molecular weight is 468 g/mol. The van der Waals surface area contributed by atoms with Crippen LogP contribution in [0.25, 0.3) is 5.76 Å². The van der Waals surface area contributed by atoms with Crippen LogP contribution in [-0.2, 0) is 9.59 Å². The molecule has 146 valence electrons. The minimum absolute atomic E-state index is 0.113. The molecule has 1 amide bonds. The minimum atomic E-state index is -0.676. The monoisotopic (exact) mass is 467 g/mol. The number of para-hydroxylation sites is 1. The van der Waals surface area contributed by atoms with Crippen molar-refractivity contribution in [2.45, 2.75) is 19.9 Å². The predicted octanol–water partition coefficient (Wildman–Crippen LogP) is 5.75. The Balaban J connectivity index is 1.95. The lowest BCUT2D eigenvalue weighted by Gasteiger charge is -2.25. The van der Waals surface area contributed by atoms with Gasteiger partial charge in [0, 0.05) is 20.6 Å². The van der Waals surface area contributed by atoms with Gasteiger partial charge in [-0.2, -0.15) is 0 Å². The largest absolute Gasteiger partial charge is 0.507 e. The Bertz CT molecular complexity index is 1150. The Kier molecular flexibility index (Phi) is 5.15. The molecule has 2 heterocycles. The summed E-state index contributed by atoms with van der Waals surface area (Å²) >= 11 is 4.90. The molecule has 1 N–H and O–H groups in total. The molecule has 6 heteroatoms. The number of aryl methyl sites for hydroxylation is 2. The number of hydrogen-bond donors (Lipinski definition) is 1. The van der Waals surface area contributed by atoms with Crippen molar-refractivity contribution < 1.29 is 14.7 Å². The lowest BCUT2D eigenvalue weighted by molar-refractivity contribution is -0.132. The third-order valence-electron chi connectivity index (χ3n) is 5.06. The summed E-state index contributed by atoms with van der Waals surface area (Å²) in [6.07, 6.45) is 0. The van der Waals surface area contributed by atoms with Crippen molar-refractivity contribution in [2.24, 2.45) is 0 Å². The summed E-state index contributed by atoms with van der Waals surface area (Å²) in [5.41, 5.74) is 3.10. The maximum atomic E-state index is 13.1. The summed E-state index contributed by atoms with van der Waals surface area (Å²) in [5, 5.41) is 13.0. The van der Waals surface area contributed by atoms with E-state index in [9.17, 15) is 14.7 Å². The quantitative estimate of drug-likeness (QED) is 0.302. The first-order valence-electron chi connectivity index (χ1n) is 9.06. The standard InChI is InChI=1S/C23H18BrNO3S/c1-13-6-3-4-7-17(13)25-20(18-8-5-11-29-18)19(22(27)23(25)28)21(26)15-9-10-16(24)14(2)12-15/h3-12,20,26H,1-2H3/b21-19-. The highest BCUT2D eigenvalue weighted by Gasteiger charge is 2.47. The number of ketones is 1. The number of Topliss-reactive ketones (excluding diaryl/α,β-unsaturated/α-hetero) is 1. The molecular weight excluding hydrogens is 450 g/mol. The Labute approximate surface area is 181 Å². The van der Waals surface area contributed by atoms with E-state index in [0.29, 0.717) is 11.3 Å². The first-order chi connectivity index (χ1) is 13.9. The number of rotatable bonds is 3. The van der Waals surface area contributed by atoms with Crippen molar-refractivity contribution >= 4 is 50.4 Å². The van der Waals surface area contributed by atoms with Crippen LogP contribution >= 0.6 is 27.3 Å². The SMILES string of the molecule is Cc1cc(/C(O)=C2/C(=O)C(=O)N(c3ccccc3C)C2c2cccs2)ccc1Br. The third-order valence-corrected chi connectivity index (χ3v) is 6.88. The number of anilines is 1. The van der Waals surface area contributed by atoms with E-state index in [4.69, 9.17) is 0 Å². The number of halogens is 1. The van der Waals surface area contributed by atoms with Crippen molar-refractivity contribution in [3.8, 4) is 0 Å². The Morgan fingerprint density at radius 3 is 2.45 bits per heavy atom. The maximum Gasteiger partial charge on any atom is 0.300 e. The van der Waals surface area contributed by atoms with Crippen LogP contribution in [0, 0.1) is 13.8 Å². The molecule has 0 bridgehead atoms. The highest BCUT2D eigenvalue weighted by Crippen LogP contribution is 2.44. The van der Waals surface area contributed by atoms with E-state index < -0.39 is 17.7 Å². The smallest absolute Gasteiger partial charge is 0.300 e. The Morgan fingerprint density at radius 2 is 1.79 bits per heavy atom. The van der Waals surface area contributed by atoms with E-state index in [1.54, 1.807) is 12.1 Å². The van der Waals surface area contributed by atoms with Gasteiger partial charge in [0.1, 0.15) is 11.8 Å². The molecule has 1 fully saturated rings. The molecule has 4 rings (SSSR count). The molecule has 2 aromatic carbocycles. The predicted molar refractivity (Wildman–Crippen MR) is 119 cm³/mol. The molecule has 29 heavy (non-hydrogen) atoms. The van der Waals surface area contributed by atoms with Gasteiger partial charge in [-0.15, -0.1) is 11.3 Å². The number of aliphatic hydroxyl groups excluding tert-OH is 1. The number of carbonyl (C=O) groups is 2. The van der Waals surface area contributed by atoms with E-state index in [0.717, 1.165) is 20.5 Å². The molecule has 0 spiro atoms. The summed E-state index contributed by atoms with van der Waals surface area (Å²) in [6, 6.07) is 15.9. The van der Waals surface area contributed by atoms with E-state index in [1.165, 1.54) is 16.2 Å². The molecule has 0 radical (unpaired) electrons. The summed E-state index contributed by atoms with van der Waals surface area (Å²) < 4.78 is 0.907. The lowest BCUT2D eigenvalue weighted by atomic mass is 9.98. The first-order valence-corrected chi connectivity index (χ1v) is 10.7. The molecule has 0 aliphatic carbocycles. The average Bonchev–Trinajstić information content (AvgIpc) is 3.32. The van der Waals surface area contributed by atoms with Gasteiger partial charge in [-0.25, -0.2) is 0 Å². The summed E-state index contributed by atoms with van der Waals surface area (Å²) in [5.74, 6) is -1.47. The number of thiophene rings is 1. The zero-order chi connectivity index (χ0) is 20.7. The number of amides is 1. The van der Waals surface area contributed by atoms with Crippen LogP contribution in [0.15, 0.2) is 70.0 Å². The number of nitrogens with zero attached hydrogens (tertiary/aromatic N) is 1. The van der Waals surface area contributed by atoms with Crippen LogP contribution in [0.4, 0.5) is 5.69 Å². The highest BCUT2D eigenvalue weighted by atomic mass is 79.9. The number of hydrogen-bond acceptors (Lipinski definition) is 4. The van der Waals surface area contributed by atoms with Crippen LogP contribution < -0.4 is 4.90 Å². The Morgan fingerprint density at radius 1 is 1.03 bits per heavy atom. The number of benzene rings is 2. The maximum absolute atomic E-state index is 13.1. The van der Waals surface area contributed by atoms with Crippen LogP contribution in [0.1, 0.15) is 27.6 Å². The molecule has 1 atom stereocenters. The Hall–Kier alpha value is -2.70. The van der Waals surface area contributed by atoms with Crippen molar-refractivity contribution in [3.63, 3.8) is 0 Å².